The van der Waals surface area contributed by atoms with Gasteiger partial charge < -0.3 is 9.88 Å². The smallest absolute Gasteiger partial charge is 0.123 e. The Hall–Kier alpha value is -3.18. The van der Waals surface area contributed by atoms with Crippen LogP contribution in [0.5, 0.6) is 0 Å². The van der Waals surface area contributed by atoms with Gasteiger partial charge in [-0.1, -0.05) is 30.3 Å². The summed E-state index contributed by atoms with van der Waals surface area (Å²) in [7, 11) is 0. The Bertz CT molecular complexity index is 1210. The van der Waals surface area contributed by atoms with Crippen molar-refractivity contribution in [1.82, 2.24) is 9.88 Å². The van der Waals surface area contributed by atoms with Crippen LogP contribution in [0.4, 0.5) is 14.5 Å². The molecule has 3 nitrogen and oxygen atoms in total. The number of rotatable bonds is 6. The number of hydrogen-bond acceptors (Lipinski definition) is 2. The number of nitrogens with zero attached hydrogens (tertiary/aromatic N) is 2. The number of anilines is 1. The predicted octanol–water partition coefficient (Wildman–Crippen LogP) is 5.87. The number of benzene rings is 3. The minimum atomic E-state index is -0.208. The molecule has 1 aliphatic heterocycles. The summed E-state index contributed by atoms with van der Waals surface area (Å²) < 4.78 is 27.4. The fourth-order valence-electron chi connectivity index (χ4n) is 4.71. The van der Waals surface area contributed by atoms with Gasteiger partial charge in [-0.3, -0.25) is 4.90 Å². The van der Waals surface area contributed by atoms with E-state index in [9.17, 15) is 8.78 Å². The number of H-pyrrole nitrogens is 1. The molecule has 0 spiro atoms. The van der Waals surface area contributed by atoms with Gasteiger partial charge in [0.15, 0.2) is 0 Å². The van der Waals surface area contributed by atoms with Crippen molar-refractivity contribution in [3.8, 4) is 11.1 Å². The minimum Gasteiger partial charge on any atom is -0.368 e. The number of para-hydroxylation sites is 1. The van der Waals surface area contributed by atoms with Crippen molar-refractivity contribution < 1.29 is 8.78 Å². The van der Waals surface area contributed by atoms with Crippen LogP contribution in [0.2, 0.25) is 0 Å². The molecule has 5 rings (SSSR count). The van der Waals surface area contributed by atoms with E-state index >= 15 is 0 Å². The summed E-state index contributed by atoms with van der Waals surface area (Å²) in [4.78, 5) is 8.14. The molecule has 1 N–H and O–H groups in total. The van der Waals surface area contributed by atoms with Gasteiger partial charge in [-0.05, 0) is 66.9 Å². The largest absolute Gasteiger partial charge is 0.368 e. The first-order valence-corrected chi connectivity index (χ1v) is 11.3. The number of nitrogens with one attached hydrogen (secondary N) is 1. The lowest BCUT2D eigenvalue weighted by Crippen LogP contribution is -2.46. The topological polar surface area (TPSA) is 22.3 Å². The Morgan fingerprint density at radius 3 is 2.47 bits per heavy atom. The van der Waals surface area contributed by atoms with E-state index in [0.717, 1.165) is 67.6 Å². The Labute approximate surface area is 187 Å². The van der Waals surface area contributed by atoms with Crippen LogP contribution in [0, 0.1) is 11.6 Å². The van der Waals surface area contributed by atoms with Crippen LogP contribution in [0.3, 0.4) is 0 Å². The van der Waals surface area contributed by atoms with Gasteiger partial charge >= 0.3 is 0 Å². The summed E-state index contributed by atoms with van der Waals surface area (Å²) in [5.41, 5.74) is 5.33. The molecule has 0 radical (unpaired) electrons. The van der Waals surface area contributed by atoms with Crippen molar-refractivity contribution in [2.75, 3.05) is 37.6 Å². The third-order valence-electron chi connectivity index (χ3n) is 6.40. The number of aromatic amines is 1. The van der Waals surface area contributed by atoms with Gasteiger partial charge in [-0.2, -0.15) is 0 Å². The average molecular weight is 432 g/mol. The van der Waals surface area contributed by atoms with Gasteiger partial charge in [-0.15, -0.1) is 0 Å². The Balaban J connectivity index is 1.19. The number of aryl methyl sites for hydroxylation is 1. The highest BCUT2D eigenvalue weighted by Gasteiger charge is 2.19. The van der Waals surface area contributed by atoms with E-state index in [1.54, 1.807) is 24.3 Å². The number of aromatic nitrogens is 1. The van der Waals surface area contributed by atoms with E-state index in [1.165, 1.54) is 23.4 Å². The first-order valence-electron chi connectivity index (χ1n) is 11.3. The zero-order valence-electron chi connectivity index (χ0n) is 18.0. The van der Waals surface area contributed by atoms with Crippen LogP contribution in [0.15, 0.2) is 72.9 Å². The minimum absolute atomic E-state index is 0.187. The summed E-state index contributed by atoms with van der Waals surface area (Å²) >= 11 is 0. The lowest BCUT2D eigenvalue weighted by atomic mass is 10.0. The monoisotopic (exact) mass is 431 g/mol. The maximum atomic E-state index is 13.8. The summed E-state index contributed by atoms with van der Waals surface area (Å²) in [6.45, 7) is 4.93. The van der Waals surface area contributed by atoms with Gasteiger partial charge in [0.1, 0.15) is 11.6 Å². The van der Waals surface area contributed by atoms with Gasteiger partial charge in [0.05, 0.1) is 0 Å². The third-order valence-corrected chi connectivity index (χ3v) is 6.40. The SMILES string of the molecule is Fc1cccc(-c2ccccc2N2CCN(CCCc3c[nH]c4ccc(F)cc34)CC2)c1. The van der Waals surface area contributed by atoms with E-state index in [0.29, 0.717) is 0 Å². The summed E-state index contributed by atoms with van der Waals surface area (Å²) in [5.74, 6) is -0.395. The van der Waals surface area contributed by atoms with Crippen LogP contribution in [0.1, 0.15) is 12.0 Å². The molecule has 1 saturated heterocycles. The highest BCUT2D eigenvalue weighted by Crippen LogP contribution is 2.31. The second-order valence-electron chi connectivity index (χ2n) is 8.46. The lowest BCUT2D eigenvalue weighted by Gasteiger charge is -2.37. The Kier molecular flexibility index (Phi) is 5.91. The van der Waals surface area contributed by atoms with Crippen LogP contribution in [-0.4, -0.2) is 42.6 Å². The van der Waals surface area contributed by atoms with Gasteiger partial charge in [0, 0.05) is 54.5 Å². The number of fused-ring (bicyclic) bond motifs is 1. The van der Waals surface area contributed by atoms with Crippen molar-refractivity contribution in [1.29, 1.82) is 0 Å². The van der Waals surface area contributed by atoms with Crippen LogP contribution >= 0.6 is 0 Å². The van der Waals surface area contributed by atoms with E-state index in [2.05, 4.69) is 33.0 Å². The van der Waals surface area contributed by atoms with E-state index < -0.39 is 0 Å². The van der Waals surface area contributed by atoms with Gasteiger partial charge in [-0.25, -0.2) is 8.78 Å². The molecule has 1 aromatic heterocycles. The summed E-state index contributed by atoms with van der Waals surface area (Å²) in [6.07, 6.45) is 3.99. The zero-order valence-corrected chi connectivity index (χ0v) is 18.0. The molecule has 4 aromatic rings. The zero-order chi connectivity index (χ0) is 21.9. The quantitative estimate of drug-likeness (QED) is 0.413. The second-order valence-corrected chi connectivity index (χ2v) is 8.46. The molecule has 0 aliphatic carbocycles. The average Bonchev–Trinajstić information content (AvgIpc) is 3.21. The van der Waals surface area contributed by atoms with E-state index in [4.69, 9.17) is 0 Å². The molecule has 1 fully saturated rings. The fourth-order valence-corrected chi connectivity index (χ4v) is 4.71. The molecular formula is C27H27F2N3. The maximum absolute atomic E-state index is 13.8. The van der Waals surface area contributed by atoms with Crippen LogP contribution in [0.25, 0.3) is 22.0 Å². The van der Waals surface area contributed by atoms with Gasteiger partial charge in [0.25, 0.3) is 0 Å². The molecule has 32 heavy (non-hydrogen) atoms. The van der Waals surface area contributed by atoms with E-state index in [-0.39, 0.29) is 11.6 Å². The molecule has 3 aromatic carbocycles. The standard InChI is InChI=1S/C27H27F2N3/c28-22-7-3-5-20(17-22)24-8-1-2-9-27(24)32-15-13-31(14-16-32)12-4-6-21-19-30-26-11-10-23(29)18-25(21)26/h1-3,5,7-11,17-19,30H,4,6,12-16H2. The molecule has 0 unspecified atom stereocenters. The number of halogens is 2. The number of hydrogen-bond donors (Lipinski definition) is 1. The summed E-state index contributed by atoms with van der Waals surface area (Å²) in [5, 5.41) is 0.990. The predicted molar refractivity (Wildman–Crippen MR) is 127 cm³/mol. The van der Waals surface area contributed by atoms with Crippen LogP contribution < -0.4 is 4.90 Å². The highest BCUT2D eigenvalue weighted by atomic mass is 19.1. The molecule has 164 valence electrons. The molecular weight excluding hydrogens is 404 g/mol. The molecule has 0 bridgehead atoms. The number of piperazine rings is 1. The van der Waals surface area contributed by atoms with Crippen molar-refractivity contribution in [2.24, 2.45) is 0 Å². The van der Waals surface area contributed by atoms with Crippen molar-refractivity contribution in [3.63, 3.8) is 0 Å². The molecule has 5 heteroatoms. The molecule has 0 saturated carbocycles. The van der Waals surface area contributed by atoms with Crippen molar-refractivity contribution in [2.45, 2.75) is 12.8 Å². The van der Waals surface area contributed by atoms with Gasteiger partial charge in [0.2, 0.25) is 0 Å². The normalized spacial score (nSPS) is 14.9. The van der Waals surface area contributed by atoms with Crippen molar-refractivity contribution in [3.05, 3.63) is 90.1 Å². The first-order chi connectivity index (χ1) is 15.7. The van der Waals surface area contributed by atoms with Crippen LogP contribution in [-0.2, 0) is 6.42 Å². The third kappa shape index (κ3) is 4.39. The molecule has 0 atom stereocenters. The fraction of sp³-hybridized carbons (Fsp3) is 0.259. The summed E-state index contributed by atoms with van der Waals surface area (Å²) in [6, 6.07) is 20.0. The second kappa shape index (κ2) is 9.13. The Morgan fingerprint density at radius 1 is 0.812 bits per heavy atom. The van der Waals surface area contributed by atoms with Crippen molar-refractivity contribution >= 4 is 16.6 Å². The lowest BCUT2D eigenvalue weighted by molar-refractivity contribution is 0.255. The molecule has 1 aliphatic rings. The maximum Gasteiger partial charge on any atom is 0.123 e. The molecule has 2 heterocycles. The molecule has 0 amide bonds. The van der Waals surface area contributed by atoms with E-state index in [1.807, 2.05) is 18.3 Å². The Morgan fingerprint density at radius 2 is 1.62 bits per heavy atom. The highest BCUT2D eigenvalue weighted by molar-refractivity contribution is 5.83. The first kappa shape index (κ1) is 20.7.